The number of carbonyl (C=O) groups is 2. The summed E-state index contributed by atoms with van der Waals surface area (Å²) in [5, 5.41) is 1.88. The summed E-state index contributed by atoms with van der Waals surface area (Å²) in [4.78, 5) is 27.5. The predicted molar refractivity (Wildman–Crippen MR) is 70.5 cm³/mol. The van der Waals surface area contributed by atoms with Crippen LogP contribution in [-0.2, 0) is 9.53 Å². The molecule has 2 amide bonds. The van der Waals surface area contributed by atoms with Gasteiger partial charge in [0.05, 0.1) is 6.61 Å². The molecular formula is C12H18N2O3S. The quantitative estimate of drug-likeness (QED) is 0.840. The molecule has 0 aliphatic rings. The third-order valence-corrected chi connectivity index (χ3v) is 3.36. The van der Waals surface area contributed by atoms with E-state index in [9.17, 15) is 9.59 Å². The van der Waals surface area contributed by atoms with Crippen molar-refractivity contribution in [3.63, 3.8) is 0 Å². The van der Waals surface area contributed by atoms with Gasteiger partial charge >= 0.3 is 6.09 Å². The summed E-state index contributed by atoms with van der Waals surface area (Å²) in [6.45, 7) is 2.02. The number of nitrogens with zero attached hydrogens (tertiary/aromatic N) is 2. The zero-order valence-corrected chi connectivity index (χ0v) is 11.9. The average Bonchev–Trinajstić information content (AvgIpc) is 2.82. The smallest absolute Gasteiger partial charge is 0.410 e. The van der Waals surface area contributed by atoms with Crippen molar-refractivity contribution in [3.8, 4) is 0 Å². The van der Waals surface area contributed by atoms with Gasteiger partial charge in [-0.1, -0.05) is 6.07 Å². The molecule has 0 N–H and O–H groups in total. The number of hydrogen-bond acceptors (Lipinski definition) is 4. The molecule has 0 bridgehead atoms. The molecule has 18 heavy (non-hydrogen) atoms. The van der Waals surface area contributed by atoms with E-state index in [1.54, 1.807) is 28.1 Å². The first-order valence-electron chi connectivity index (χ1n) is 5.63. The van der Waals surface area contributed by atoms with Crippen molar-refractivity contribution >= 4 is 23.3 Å². The molecule has 1 unspecified atom stereocenters. The van der Waals surface area contributed by atoms with E-state index in [1.807, 2.05) is 17.5 Å². The van der Waals surface area contributed by atoms with E-state index in [0.29, 0.717) is 0 Å². The summed E-state index contributed by atoms with van der Waals surface area (Å²) in [6, 6.07) is 3.07. The minimum Gasteiger partial charge on any atom is -0.450 e. The molecule has 1 aromatic heterocycles. The van der Waals surface area contributed by atoms with E-state index < -0.39 is 12.1 Å². The molecular weight excluding hydrogens is 252 g/mol. The van der Waals surface area contributed by atoms with Crippen molar-refractivity contribution in [1.82, 2.24) is 9.80 Å². The first-order valence-corrected chi connectivity index (χ1v) is 6.51. The monoisotopic (exact) mass is 270 g/mol. The number of rotatable bonds is 4. The van der Waals surface area contributed by atoms with E-state index in [-0.39, 0.29) is 12.5 Å². The molecule has 0 saturated heterocycles. The maximum absolute atomic E-state index is 12.2. The molecule has 0 radical (unpaired) electrons. The highest BCUT2D eigenvalue weighted by Crippen LogP contribution is 2.26. The minimum atomic E-state index is -0.626. The first-order chi connectivity index (χ1) is 8.49. The Hall–Kier alpha value is -1.56. The fraction of sp³-hybridized carbons (Fsp3) is 0.500. The fourth-order valence-electron chi connectivity index (χ4n) is 1.50. The maximum Gasteiger partial charge on any atom is 0.410 e. The molecule has 1 heterocycles. The summed E-state index contributed by atoms with van der Waals surface area (Å²) in [7, 11) is 4.91. The lowest BCUT2D eigenvalue weighted by atomic mass is 10.2. The standard InChI is InChI=1S/C12H18N2O3S/c1-5-17-12(16)14(4)10(11(15)13(2)3)9-7-6-8-18-9/h6-8,10H,5H2,1-4H3. The molecule has 0 aliphatic carbocycles. The lowest BCUT2D eigenvalue weighted by molar-refractivity contribution is -0.133. The highest BCUT2D eigenvalue weighted by molar-refractivity contribution is 7.10. The summed E-state index contributed by atoms with van der Waals surface area (Å²) < 4.78 is 4.93. The number of thiophene rings is 1. The van der Waals surface area contributed by atoms with Gasteiger partial charge in [0.15, 0.2) is 0 Å². The van der Waals surface area contributed by atoms with Gasteiger partial charge in [-0.2, -0.15) is 0 Å². The van der Waals surface area contributed by atoms with Crippen molar-refractivity contribution in [2.45, 2.75) is 13.0 Å². The van der Waals surface area contributed by atoms with Crippen molar-refractivity contribution in [2.75, 3.05) is 27.7 Å². The van der Waals surface area contributed by atoms with Crippen LogP contribution in [0.1, 0.15) is 17.8 Å². The van der Waals surface area contributed by atoms with Gasteiger partial charge in [0.1, 0.15) is 6.04 Å². The Kier molecular flexibility index (Phi) is 5.15. The molecule has 1 aromatic rings. The zero-order valence-electron chi connectivity index (χ0n) is 11.0. The Morgan fingerprint density at radius 2 is 2.06 bits per heavy atom. The lowest BCUT2D eigenvalue weighted by Gasteiger charge is -2.27. The first kappa shape index (κ1) is 14.5. The average molecular weight is 270 g/mol. The van der Waals surface area contributed by atoms with Crippen LogP contribution in [0.3, 0.4) is 0 Å². The third-order valence-electron chi connectivity index (χ3n) is 2.43. The Balaban J connectivity index is 2.98. The molecule has 0 saturated carbocycles. The van der Waals surface area contributed by atoms with Crippen LogP contribution in [0.4, 0.5) is 4.79 Å². The summed E-state index contributed by atoms with van der Waals surface area (Å²) >= 11 is 1.44. The molecule has 5 nitrogen and oxygen atoms in total. The van der Waals surface area contributed by atoms with Crippen LogP contribution >= 0.6 is 11.3 Å². The third kappa shape index (κ3) is 3.22. The highest BCUT2D eigenvalue weighted by Gasteiger charge is 2.31. The summed E-state index contributed by atoms with van der Waals surface area (Å²) in [5.74, 6) is -0.145. The predicted octanol–water partition coefficient (Wildman–Crippen LogP) is 1.97. The molecule has 0 aromatic carbocycles. The van der Waals surface area contributed by atoms with Crippen molar-refractivity contribution in [1.29, 1.82) is 0 Å². The number of ether oxygens (including phenoxy) is 1. The van der Waals surface area contributed by atoms with Gasteiger partial charge < -0.3 is 9.64 Å². The Morgan fingerprint density at radius 3 is 2.50 bits per heavy atom. The van der Waals surface area contributed by atoms with E-state index in [1.165, 1.54) is 21.1 Å². The SMILES string of the molecule is CCOC(=O)N(C)C(C(=O)N(C)C)c1cccs1. The second kappa shape index (κ2) is 6.39. The Labute approximate surface area is 111 Å². The van der Waals surface area contributed by atoms with Gasteiger partial charge in [0.2, 0.25) is 5.91 Å². The lowest BCUT2D eigenvalue weighted by Crippen LogP contribution is -2.41. The number of amides is 2. The van der Waals surface area contributed by atoms with Gasteiger partial charge in [-0.3, -0.25) is 9.69 Å². The fourth-order valence-corrected chi connectivity index (χ4v) is 2.36. The largest absolute Gasteiger partial charge is 0.450 e. The zero-order chi connectivity index (χ0) is 13.7. The van der Waals surface area contributed by atoms with Gasteiger partial charge in [0.25, 0.3) is 0 Å². The Bertz CT molecular complexity index is 403. The van der Waals surface area contributed by atoms with Crippen LogP contribution in [0.25, 0.3) is 0 Å². The highest BCUT2D eigenvalue weighted by atomic mass is 32.1. The maximum atomic E-state index is 12.2. The molecule has 1 atom stereocenters. The van der Waals surface area contributed by atoms with Gasteiger partial charge in [-0.15, -0.1) is 11.3 Å². The minimum absolute atomic E-state index is 0.145. The van der Waals surface area contributed by atoms with Crippen LogP contribution < -0.4 is 0 Å². The van der Waals surface area contributed by atoms with Gasteiger partial charge in [0, 0.05) is 26.0 Å². The van der Waals surface area contributed by atoms with Crippen LogP contribution in [-0.4, -0.2) is 49.6 Å². The topological polar surface area (TPSA) is 49.9 Å². The van der Waals surface area contributed by atoms with E-state index in [0.717, 1.165) is 4.88 Å². The van der Waals surface area contributed by atoms with Crippen LogP contribution in [0, 0.1) is 0 Å². The number of likely N-dealkylation sites (N-methyl/N-ethyl adjacent to an activating group) is 2. The molecule has 6 heteroatoms. The van der Waals surface area contributed by atoms with E-state index >= 15 is 0 Å². The van der Waals surface area contributed by atoms with Crippen molar-refractivity contribution < 1.29 is 14.3 Å². The van der Waals surface area contributed by atoms with Crippen LogP contribution in [0.5, 0.6) is 0 Å². The molecule has 0 aliphatic heterocycles. The van der Waals surface area contributed by atoms with Crippen LogP contribution in [0.15, 0.2) is 17.5 Å². The normalized spacial score (nSPS) is 11.8. The van der Waals surface area contributed by atoms with Gasteiger partial charge in [-0.25, -0.2) is 4.79 Å². The Morgan fingerprint density at radius 1 is 1.39 bits per heavy atom. The summed E-state index contributed by atoms with van der Waals surface area (Å²) in [6.07, 6.45) is -0.494. The van der Waals surface area contributed by atoms with E-state index in [4.69, 9.17) is 4.74 Å². The number of hydrogen-bond donors (Lipinski definition) is 0. The molecule has 0 fully saturated rings. The van der Waals surface area contributed by atoms with E-state index in [2.05, 4.69) is 0 Å². The van der Waals surface area contributed by atoms with Crippen molar-refractivity contribution in [3.05, 3.63) is 22.4 Å². The number of carbonyl (C=O) groups excluding carboxylic acids is 2. The molecule has 100 valence electrons. The molecule has 1 rings (SSSR count). The molecule has 0 spiro atoms. The summed E-state index contributed by atoms with van der Waals surface area (Å²) in [5.41, 5.74) is 0. The van der Waals surface area contributed by atoms with Gasteiger partial charge in [-0.05, 0) is 18.4 Å². The second-order valence-corrected chi connectivity index (χ2v) is 4.94. The second-order valence-electron chi connectivity index (χ2n) is 3.96. The van der Waals surface area contributed by atoms with Crippen LogP contribution in [0.2, 0.25) is 0 Å². The van der Waals surface area contributed by atoms with Crippen molar-refractivity contribution in [2.24, 2.45) is 0 Å².